The average molecular weight is 271 g/mol. The highest BCUT2D eigenvalue weighted by Crippen LogP contribution is 2.25. The Balaban J connectivity index is 2.20. The number of carbonyl (C=O) groups is 1. The predicted octanol–water partition coefficient (Wildman–Crippen LogP) is 2.69. The van der Waals surface area contributed by atoms with Gasteiger partial charge in [-0.3, -0.25) is 4.79 Å². The third-order valence-corrected chi connectivity index (χ3v) is 2.88. The molecule has 0 aliphatic rings. The number of pyridine rings is 1. The van der Waals surface area contributed by atoms with Gasteiger partial charge in [0, 0.05) is 13.2 Å². The number of benzene rings is 1. The molecule has 1 aromatic heterocycles. The number of hydrogen-bond acceptors (Lipinski definition) is 4. The molecule has 2 N–H and O–H groups in total. The fourth-order valence-electron chi connectivity index (χ4n) is 1.79. The summed E-state index contributed by atoms with van der Waals surface area (Å²) in [6, 6.07) is 9.09. The minimum atomic E-state index is -0.218. The molecular weight excluding hydrogens is 254 g/mol. The topological polar surface area (TPSA) is 63.2 Å². The second kappa shape index (κ2) is 6.06. The fraction of sp³-hybridized carbons (Fsp3) is 0.200. The number of ether oxygens (including phenoxy) is 1. The van der Waals surface area contributed by atoms with Crippen LogP contribution in [0, 0.1) is 6.92 Å². The Kier molecular flexibility index (Phi) is 4.20. The minimum absolute atomic E-state index is 0.218. The average Bonchev–Trinajstić information content (AvgIpc) is 2.47. The SMILES string of the molecule is CNc1ccc(C(=O)Nc2cc(C)ccc2OC)cn1. The molecular formula is C15H17N3O2. The van der Waals surface area contributed by atoms with Crippen LogP contribution in [0.25, 0.3) is 0 Å². The Morgan fingerprint density at radius 3 is 2.65 bits per heavy atom. The van der Waals surface area contributed by atoms with E-state index in [1.165, 1.54) is 6.20 Å². The molecule has 20 heavy (non-hydrogen) atoms. The van der Waals surface area contributed by atoms with Crippen LogP contribution in [0.5, 0.6) is 5.75 Å². The number of methoxy groups -OCH3 is 1. The van der Waals surface area contributed by atoms with Gasteiger partial charge in [-0.15, -0.1) is 0 Å². The number of nitrogens with one attached hydrogen (secondary N) is 2. The first-order valence-electron chi connectivity index (χ1n) is 6.24. The van der Waals surface area contributed by atoms with E-state index in [1.807, 2.05) is 25.1 Å². The van der Waals surface area contributed by atoms with Crippen LogP contribution < -0.4 is 15.4 Å². The third kappa shape index (κ3) is 3.06. The minimum Gasteiger partial charge on any atom is -0.495 e. The first kappa shape index (κ1) is 13.9. The van der Waals surface area contributed by atoms with E-state index in [9.17, 15) is 4.79 Å². The number of aromatic nitrogens is 1. The smallest absolute Gasteiger partial charge is 0.257 e. The molecule has 0 bridgehead atoms. The van der Waals surface area contributed by atoms with Crippen molar-refractivity contribution in [1.82, 2.24) is 4.98 Å². The number of carbonyl (C=O) groups excluding carboxylic acids is 1. The third-order valence-electron chi connectivity index (χ3n) is 2.88. The number of nitrogens with zero attached hydrogens (tertiary/aromatic N) is 1. The van der Waals surface area contributed by atoms with Crippen LogP contribution in [-0.4, -0.2) is 25.0 Å². The molecule has 5 nitrogen and oxygen atoms in total. The lowest BCUT2D eigenvalue weighted by Gasteiger charge is -2.11. The maximum Gasteiger partial charge on any atom is 0.257 e. The van der Waals surface area contributed by atoms with Gasteiger partial charge >= 0.3 is 0 Å². The first-order chi connectivity index (χ1) is 9.63. The Hall–Kier alpha value is -2.56. The van der Waals surface area contributed by atoms with E-state index in [2.05, 4.69) is 15.6 Å². The fourth-order valence-corrected chi connectivity index (χ4v) is 1.79. The molecule has 0 atom stereocenters. The maximum absolute atomic E-state index is 12.2. The lowest BCUT2D eigenvalue weighted by atomic mass is 10.2. The van der Waals surface area contributed by atoms with E-state index in [0.29, 0.717) is 17.0 Å². The van der Waals surface area contributed by atoms with Crippen molar-refractivity contribution in [2.24, 2.45) is 0 Å². The maximum atomic E-state index is 12.2. The van der Waals surface area contributed by atoms with Crippen molar-refractivity contribution >= 4 is 17.4 Å². The molecule has 0 radical (unpaired) electrons. The zero-order chi connectivity index (χ0) is 14.5. The normalized spacial score (nSPS) is 9.95. The predicted molar refractivity (Wildman–Crippen MR) is 79.5 cm³/mol. The van der Waals surface area contributed by atoms with Crippen molar-refractivity contribution in [3.63, 3.8) is 0 Å². The summed E-state index contributed by atoms with van der Waals surface area (Å²) >= 11 is 0. The Morgan fingerprint density at radius 2 is 2.05 bits per heavy atom. The highest BCUT2D eigenvalue weighted by atomic mass is 16.5. The largest absolute Gasteiger partial charge is 0.495 e. The van der Waals surface area contributed by atoms with Gasteiger partial charge in [-0.05, 0) is 36.8 Å². The van der Waals surface area contributed by atoms with Gasteiger partial charge in [0.1, 0.15) is 11.6 Å². The molecule has 0 saturated heterocycles. The molecule has 2 rings (SSSR count). The Bertz CT molecular complexity index is 609. The molecule has 104 valence electrons. The van der Waals surface area contributed by atoms with E-state index in [0.717, 1.165) is 11.4 Å². The molecule has 0 unspecified atom stereocenters. The Labute approximate surface area is 118 Å². The molecule has 2 aromatic rings. The molecule has 0 aliphatic heterocycles. The van der Waals surface area contributed by atoms with Gasteiger partial charge < -0.3 is 15.4 Å². The molecule has 1 aromatic carbocycles. The number of anilines is 2. The number of rotatable bonds is 4. The van der Waals surface area contributed by atoms with Gasteiger partial charge in [-0.2, -0.15) is 0 Å². The van der Waals surface area contributed by atoms with Gasteiger partial charge in [0.15, 0.2) is 0 Å². The van der Waals surface area contributed by atoms with Crippen molar-refractivity contribution in [3.05, 3.63) is 47.7 Å². The van der Waals surface area contributed by atoms with E-state index in [-0.39, 0.29) is 5.91 Å². The van der Waals surface area contributed by atoms with Crippen molar-refractivity contribution in [2.45, 2.75) is 6.92 Å². The second-order valence-electron chi connectivity index (χ2n) is 4.34. The quantitative estimate of drug-likeness (QED) is 0.897. The zero-order valence-electron chi connectivity index (χ0n) is 11.7. The monoisotopic (exact) mass is 271 g/mol. The summed E-state index contributed by atoms with van der Waals surface area (Å²) in [5.41, 5.74) is 2.19. The summed E-state index contributed by atoms with van der Waals surface area (Å²) in [5, 5.41) is 5.74. The van der Waals surface area contributed by atoms with Crippen LogP contribution in [0.1, 0.15) is 15.9 Å². The van der Waals surface area contributed by atoms with Crippen molar-refractivity contribution in [3.8, 4) is 5.75 Å². The van der Waals surface area contributed by atoms with E-state index < -0.39 is 0 Å². The van der Waals surface area contributed by atoms with Crippen LogP contribution in [-0.2, 0) is 0 Å². The summed E-state index contributed by atoms with van der Waals surface area (Å²) in [6.07, 6.45) is 1.53. The van der Waals surface area contributed by atoms with Gasteiger partial charge in [-0.25, -0.2) is 4.98 Å². The molecule has 1 heterocycles. The van der Waals surface area contributed by atoms with Gasteiger partial charge in [0.25, 0.3) is 5.91 Å². The van der Waals surface area contributed by atoms with Crippen LogP contribution in [0.3, 0.4) is 0 Å². The second-order valence-corrected chi connectivity index (χ2v) is 4.34. The molecule has 0 fully saturated rings. The van der Waals surface area contributed by atoms with Crippen LogP contribution in [0.4, 0.5) is 11.5 Å². The van der Waals surface area contributed by atoms with Crippen molar-refractivity contribution < 1.29 is 9.53 Å². The summed E-state index contributed by atoms with van der Waals surface area (Å²) in [4.78, 5) is 16.3. The highest BCUT2D eigenvalue weighted by molar-refractivity contribution is 6.05. The molecule has 0 saturated carbocycles. The lowest BCUT2D eigenvalue weighted by molar-refractivity contribution is 0.102. The number of amides is 1. The van der Waals surface area contributed by atoms with Crippen molar-refractivity contribution in [1.29, 1.82) is 0 Å². The standard InChI is InChI=1S/C15H17N3O2/c1-10-4-6-13(20-3)12(8-10)18-15(19)11-5-7-14(16-2)17-9-11/h4-9H,1-3H3,(H,16,17)(H,18,19). The summed E-state index contributed by atoms with van der Waals surface area (Å²) < 4.78 is 5.23. The molecule has 5 heteroatoms. The summed E-state index contributed by atoms with van der Waals surface area (Å²) in [5.74, 6) is 1.13. The molecule has 0 aliphatic carbocycles. The van der Waals surface area contributed by atoms with Gasteiger partial charge in [0.05, 0.1) is 18.4 Å². The van der Waals surface area contributed by atoms with Crippen LogP contribution >= 0.6 is 0 Å². The summed E-state index contributed by atoms with van der Waals surface area (Å²) in [7, 11) is 3.35. The number of hydrogen-bond donors (Lipinski definition) is 2. The lowest BCUT2D eigenvalue weighted by Crippen LogP contribution is -2.13. The van der Waals surface area contributed by atoms with E-state index in [1.54, 1.807) is 26.3 Å². The Morgan fingerprint density at radius 1 is 1.25 bits per heavy atom. The molecule has 1 amide bonds. The highest BCUT2D eigenvalue weighted by Gasteiger charge is 2.10. The zero-order valence-corrected chi connectivity index (χ0v) is 11.7. The van der Waals surface area contributed by atoms with E-state index in [4.69, 9.17) is 4.74 Å². The van der Waals surface area contributed by atoms with Crippen LogP contribution in [0.2, 0.25) is 0 Å². The molecule has 0 spiro atoms. The van der Waals surface area contributed by atoms with Gasteiger partial charge in [-0.1, -0.05) is 6.07 Å². The number of aryl methyl sites for hydroxylation is 1. The van der Waals surface area contributed by atoms with Gasteiger partial charge in [0.2, 0.25) is 0 Å². The van der Waals surface area contributed by atoms with Crippen molar-refractivity contribution in [2.75, 3.05) is 24.8 Å². The summed E-state index contributed by atoms with van der Waals surface area (Å²) in [6.45, 7) is 1.96. The van der Waals surface area contributed by atoms with E-state index >= 15 is 0 Å². The first-order valence-corrected chi connectivity index (χ1v) is 6.24. The van der Waals surface area contributed by atoms with Crippen LogP contribution in [0.15, 0.2) is 36.5 Å².